The molecule has 27 heavy (non-hydrogen) atoms. The summed E-state index contributed by atoms with van der Waals surface area (Å²) in [6.45, 7) is 8.90. The monoisotopic (exact) mass is 378 g/mol. The Morgan fingerprint density at radius 2 is 1.93 bits per heavy atom. The van der Waals surface area contributed by atoms with Gasteiger partial charge in [0.25, 0.3) is 0 Å². The van der Waals surface area contributed by atoms with Crippen LogP contribution in [0.15, 0.2) is 0 Å². The first-order chi connectivity index (χ1) is 12.6. The third kappa shape index (κ3) is 1.35. The van der Waals surface area contributed by atoms with Crippen molar-refractivity contribution < 1.29 is 33.6 Å². The third-order valence-electron chi connectivity index (χ3n) is 8.72. The molecule has 148 valence electrons. The molecular formula is C20H26O7. The second-order valence-electron chi connectivity index (χ2n) is 10.6. The molecule has 10 atom stereocenters. The van der Waals surface area contributed by atoms with Crippen LogP contribution in [-0.2, 0) is 28.5 Å². The summed E-state index contributed by atoms with van der Waals surface area (Å²) in [6.07, 6.45) is -1.92. The highest BCUT2D eigenvalue weighted by Crippen LogP contribution is 2.83. The molecule has 2 aliphatic carbocycles. The van der Waals surface area contributed by atoms with Gasteiger partial charge in [0.15, 0.2) is 5.60 Å². The van der Waals surface area contributed by atoms with E-state index in [0.717, 1.165) is 0 Å². The molecule has 6 rings (SSSR count). The molecule has 0 aromatic rings. The lowest BCUT2D eigenvalue weighted by atomic mass is 9.52. The van der Waals surface area contributed by atoms with Gasteiger partial charge in [-0.05, 0) is 23.7 Å². The molecule has 6 fully saturated rings. The number of aliphatic hydroxyl groups excluding tert-OH is 1. The Morgan fingerprint density at radius 3 is 2.63 bits per heavy atom. The number of ether oxygens (including phenoxy) is 4. The Bertz CT molecular complexity index is 773. The molecule has 5 unspecified atom stereocenters. The van der Waals surface area contributed by atoms with Crippen molar-refractivity contribution in [1.82, 2.24) is 0 Å². The number of carbonyl (C=O) groups excluding carboxylic acids is 2. The summed E-state index contributed by atoms with van der Waals surface area (Å²) in [5.74, 6) is -0.949. The SMILES string of the molecule is C[C@@H]1COC2[C@H]1[C@@]13OC4OC(=O)CC45[C@H](C(C)(C)C)CC(OC1=O)C53[C@H]2O. The van der Waals surface area contributed by atoms with Crippen molar-refractivity contribution in [2.45, 2.75) is 70.7 Å². The molecule has 4 aliphatic heterocycles. The van der Waals surface area contributed by atoms with E-state index in [1.807, 2.05) is 6.92 Å². The third-order valence-corrected chi connectivity index (χ3v) is 8.72. The fourth-order valence-corrected chi connectivity index (χ4v) is 8.25. The maximum absolute atomic E-state index is 13.3. The van der Waals surface area contributed by atoms with Gasteiger partial charge in [-0.15, -0.1) is 0 Å². The van der Waals surface area contributed by atoms with Gasteiger partial charge in [0.1, 0.15) is 6.10 Å². The van der Waals surface area contributed by atoms with Crippen LogP contribution in [0.25, 0.3) is 0 Å². The van der Waals surface area contributed by atoms with Crippen LogP contribution in [0.4, 0.5) is 0 Å². The minimum atomic E-state index is -1.29. The molecule has 2 saturated carbocycles. The van der Waals surface area contributed by atoms with Crippen LogP contribution in [0, 0.1) is 34.0 Å². The summed E-state index contributed by atoms with van der Waals surface area (Å²) >= 11 is 0. The van der Waals surface area contributed by atoms with Gasteiger partial charge in [-0.2, -0.15) is 0 Å². The molecule has 7 heteroatoms. The van der Waals surface area contributed by atoms with Crippen molar-refractivity contribution in [3.8, 4) is 0 Å². The van der Waals surface area contributed by atoms with Crippen LogP contribution < -0.4 is 0 Å². The number of aliphatic hydroxyl groups is 1. The topological polar surface area (TPSA) is 91.3 Å². The van der Waals surface area contributed by atoms with Crippen molar-refractivity contribution in [1.29, 1.82) is 0 Å². The van der Waals surface area contributed by atoms with Crippen LogP contribution in [0.1, 0.15) is 40.5 Å². The van der Waals surface area contributed by atoms with Crippen molar-refractivity contribution in [2.75, 3.05) is 6.61 Å². The van der Waals surface area contributed by atoms with Crippen LogP contribution in [0.2, 0.25) is 0 Å². The highest BCUT2D eigenvalue weighted by molar-refractivity contribution is 5.89. The molecule has 0 aromatic carbocycles. The standard InChI is InChI=1S/C20H26O7/c1-8-7-24-13-12(8)20-15(23)25-10-5-9(17(2,3)4)18(19(10,20)14(13)22)6-11(21)26-16(18)27-20/h8-10,12-14,16,22H,5-7H2,1-4H3/t8-,9+,10?,12+,13?,14+,16?,18?,19?,20-/m1/s1. The van der Waals surface area contributed by atoms with Gasteiger partial charge < -0.3 is 24.1 Å². The van der Waals surface area contributed by atoms with Crippen molar-refractivity contribution in [3.63, 3.8) is 0 Å². The molecule has 0 radical (unpaired) electrons. The van der Waals surface area contributed by atoms with Gasteiger partial charge in [-0.25, -0.2) is 4.79 Å². The van der Waals surface area contributed by atoms with Crippen molar-refractivity contribution in [3.05, 3.63) is 0 Å². The van der Waals surface area contributed by atoms with E-state index in [4.69, 9.17) is 18.9 Å². The molecule has 4 heterocycles. The fourth-order valence-electron chi connectivity index (χ4n) is 8.25. The molecule has 7 nitrogen and oxygen atoms in total. The minimum Gasteiger partial charge on any atom is -0.459 e. The Kier molecular flexibility index (Phi) is 2.71. The summed E-state index contributed by atoms with van der Waals surface area (Å²) in [7, 11) is 0. The first kappa shape index (κ1) is 16.7. The Hall–Kier alpha value is -1.18. The lowest BCUT2D eigenvalue weighted by Crippen LogP contribution is -2.59. The average molecular weight is 378 g/mol. The molecule has 4 saturated heterocycles. The number of rotatable bonds is 0. The van der Waals surface area contributed by atoms with Gasteiger partial charge in [0.05, 0.1) is 36.1 Å². The molecule has 0 amide bonds. The predicted octanol–water partition coefficient (Wildman–Crippen LogP) is 1.02. The maximum Gasteiger partial charge on any atom is 0.340 e. The first-order valence-corrected chi connectivity index (χ1v) is 10.0. The van der Waals surface area contributed by atoms with E-state index in [-0.39, 0.29) is 35.6 Å². The summed E-state index contributed by atoms with van der Waals surface area (Å²) in [4.78, 5) is 25.7. The quantitative estimate of drug-likeness (QED) is 0.629. The number of hydrogen-bond donors (Lipinski definition) is 1. The number of carbonyl (C=O) groups is 2. The summed E-state index contributed by atoms with van der Waals surface area (Å²) in [5.41, 5.74) is -3.22. The van der Waals surface area contributed by atoms with E-state index in [9.17, 15) is 14.7 Å². The molecule has 2 spiro atoms. The second kappa shape index (κ2) is 4.36. The molecule has 6 aliphatic rings. The van der Waals surface area contributed by atoms with Crippen LogP contribution >= 0.6 is 0 Å². The highest BCUT2D eigenvalue weighted by Gasteiger charge is 2.97. The van der Waals surface area contributed by atoms with Crippen molar-refractivity contribution in [2.24, 2.45) is 34.0 Å². The van der Waals surface area contributed by atoms with E-state index < -0.39 is 47.0 Å². The van der Waals surface area contributed by atoms with E-state index in [2.05, 4.69) is 20.8 Å². The molecule has 0 bridgehead atoms. The summed E-state index contributed by atoms with van der Waals surface area (Å²) < 4.78 is 24.0. The highest BCUT2D eigenvalue weighted by atomic mass is 16.7. The van der Waals surface area contributed by atoms with E-state index in [1.165, 1.54) is 0 Å². The lowest BCUT2D eigenvalue weighted by Gasteiger charge is -2.46. The largest absolute Gasteiger partial charge is 0.459 e. The van der Waals surface area contributed by atoms with E-state index in [0.29, 0.717) is 13.0 Å². The van der Waals surface area contributed by atoms with Gasteiger partial charge >= 0.3 is 11.9 Å². The lowest BCUT2D eigenvalue weighted by molar-refractivity contribution is -0.207. The smallest absolute Gasteiger partial charge is 0.340 e. The fraction of sp³-hybridized carbons (Fsp3) is 0.900. The van der Waals surface area contributed by atoms with Crippen molar-refractivity contribution >= 4 is 11.9 Å². The first-order valence-electron chi connectivity index (χ1n) is 10.0. The van der Waals surface area contributed by atoms with E-state index >= 15 is 0 Å². The zero-order chi connectivity index (χ0) is 19.1. The number of esters is 2. The molecule has 1 N–H and O–H groups in total. The number of fused-ring (bicyclic) bond motifs is 1. The van der Waals surface area contributed by atoms with Gasteiger partial charge in [0.2, 0.25) is 6.29 Å². The predicted molar refractivity (Wildman–Crippen MR) is 89.0 cm³/mol. The zero-order valence-corrected chi connectivity index (χ0v) is 16.1. The van der Waals surface area contributed by atoms with Gasteiger partial charge in [0, 0.05) is 5.92 Å². The Balaban J connectivity index is 1.67. The van der Waals surface area contributed by atoms with Crippen LogP contribution in [0.5, 0.6) is 0 Å². The summed E-state index contributed by atoms with van der Waals surface area (Å²) in [5, 5.41) is 11.6. The molecule has 0 aromatic heterocycles. The van der Waals surface area contributed by atoms with Gasteiger partial charge in [-0.1, -0.05) is 27.7 Å². The second-order valence-corrected chi connectivity index (χ2v) is 10.6. The molecular weight excluding hydrogens is 352 g/mol. The Labute approximate surface area is 157 Å². The number of hydrogen-bond acceptors (Lipinski definition) is 7. The van der Waals surface area contributed by atoms with E-state index in [1.54, 1.807) is 0 Å². The average Bonchev–Trinajstić information content (AvgIpc) is 3.28. The normalized spacial score (nSPS) is 60.1. The van der Waals surface area contributed by atoms with Crippen LogP contribution in [-0.4, -0.2) is 53.9 Å². The Morgan fingerprint density at radius 1 is 1.19 bits per heavy atom. The van der Waals surface area contributed by atoms with Crippen LogP contribution in [0.3, 0.4) is 0 Å². The summed E-state index contributed by atoms with van der Waals surface area (Å²) in [6, 6.07) is 0. The maximum atomic E-state index is 13.3. The zero-order valence-electron chi connectivity index (χ0n) is 16.1. The minimum absolute atomic E-state index is 0.0187. The van der Waals surface area contributed by atoms with Gasteiger partial charge in [-0.3, -0.25) is 4.79 Å².